The van der Waals surface area contributed by atoms with Crippen molar-refractivity contribution in [3.05, 3.63) is 0 Å². The van der Waals surface area contributed by atoms with Gasteiger partial charge in [0.25, 0.3) is 0 Å². The second-order valence-corrected chi connectivity index (χ2v) is 4.52. The summed E-state index contributed by atoms with van der Waals surface area (Å²) >= 11 is 0. The fourth-order valence-electron chi connectivity index (χ4n) is 2.72. The van der Waals surface area contributed by atoms with Crippen LogP contribution in [0.25, 0.3) is 0 Å². The van der Waals surface area contributed by atoms with Crippen LogP contribution >= 0.6 is 0 Å². The summed E-state index contributed by atoms with van der Waals surface area (Å²) in [4.78, 5) is 13.6. The third-order valence-corrected chi connectivity index (χ3v) is 3.62. The number of methoxy groups -OCH3 is 1. The SMILES string of the molecule is COC(=O)N1CCNCC1C1CCNCC1. The Kier molecular flexibility index (Phi) is 4.01. The van der Waals surface area contributed by atoms with Crippen molar-refractivity contribution < 1.29 is 9.53 Å². The number of nitrogens with one attached hydrogen (secondary N) is 2. The smallest absolute Gasteiger partial charge is 0.409 e. The molecule has 5 nitrogen and oxygen atoms in total. The first kappa shape index (κ1) is 11.7. The second-order valence-electron chi connectivity index (χ2n) is 4.52. The van der Waals surface area contributed by atoms with Gasteiger partial charge in [-0.05, 0) is 31.8 Å². The number of amides is 1. The summed E-state index contributed by atoms with van der Waals surface area (Å²) < 4.78 is 4.85. The van der Waals surface area contributed by atoms with Crippen LogP contribution in [0.4, 0.5) is 4.79 Å². The maximum Gasteiger partial charge on any atom is 0.409 e. The van der Waals surface area contributed by atoms with Gasteiger partial charge < -0.3 is 20.3 Å². The molecule has 0 bridgehead atoms. The number of carbonyl (C=O) groups excluding carboxylic acids is 1. The maximum atomic E-state index is 11.7. The first-order valence-corrected chi connectivity index (χ1v) is 6.09. The molecule has 2 rings (SSSR count). The highest BCUT2D eigenvalue weighted by Crippen LogP contribution is 2.22. The molecule has 2 aliphatic rings. The summed E-state index contributed by atoms with van der Waals surface area (Å²) in [5, 5.41) is 6.73. The van der Waals surface area contributed by atoms with Crippen molar-refractivity contribution in [1.29, 1.82) is 0 Å². The third kappa shape index (κ3) is 2.47. The van der Waals surface area contributed by atoms with Crippen LogP contribution in [0.1, 0.15) is 12.8 Å². The van der Waals surface area contributed by atoms with E-state index in [1.807, 2.05) is 4.90 Å². The summed E-state index contributed by atoms with van der Waals surface area (Å²) in [7, 11) is 1.46. The Labute approximate surface area is 96.5 Å². The molecule has 92 valence electrons. The number of piperidine rings is 1. The maximum absolute atomic E-state index is 11.7. The first-order chi connectivity index (χ1) is 7.83. The molecule has 0 aromatic rings. The molecule has 5 heteroatoms. The summed E-state index contributed by atoms with van der Waals surface area (Å²) in [6, 6.07) is 0.309. The topological polar surface area (TPSA) is 53.6 Å². The summed E-state index contributed by atoms with van der Waals surface area (Å²) in [6.07, 6.45) is 2.13. The van der Waals surface area contributed by atoms with E-state index in [1.54, 1.807) is 0 Å². The molecular formula is C11H21N3O2. The highest BCUT2D eigenvalue weighted by atomic mass is 16.5. The van der Waals surface area contributed by atoms with Gasteiger partial charge in [0.2, 0.25) is 0 Å². The van der Waals surface area contributed by atoms with Crippen molar-refractivity contribution >= 4 is 6.09 Å². The zero-order valence-corrected chi connectivity index (χ0v) is 9.87. The van der Waals surface area contributed by atoms with Crippen LogP contribution in [-0.4, -0.2) is 56.9 Å². The number of piperazine rings is 1. The molecule has 0 saturated carbocycles. The standard InChI is InChI=1S/C11H21N3O2/c1-16-11(15)14-7-6-13-8-10(14)9-2-4-12-5-3-9/h9-10,12-13H,2-8H2,1H3. The number of ether oxygens (including phenoxy) is 1. The van der Waals surface area contributed by atoms with Crippen molar-refractivity contribution in [3.63, 3.8) is 0 Å². The van der Waals surface area contributed by atoms with Crippen LogP contribution in [0.3, 0.4) is 0 Å². The molecule has 1 amide bonds. The largest absolute Gasteiger partial charge is 0.453 e. The van der Waals surface area contributed by atoms with Gasteiger partial charge in [0.1, 0.15) is 0 Å². The molecule has 2 N–H and O–H groups in total. The van der Waals surface area contributed by atoms with Crippen LogP contribution < -0.4 is 10.6 Å². The van der Waals surface area contributed by atoms with E-state index in [2.05, 4.69) is 10.6 Å². The predicted octanol–water partition coefficient (Wildman–Crippen LogP) is 0.0262. The number of nitrogens with zero attached hydrogens (tertiary/aromatic N) is 1. The van der Waals surface area contributed by atoms with Gasteiger partial charge in [-0.15, -0.1) is 0 Å². The molecule has 0 radical (unpaired) electrons. The normalized spacial score (nSPS) is 27.8. The molecule has 2 aliphatic heterocycles. The monoisotopic (exact) mass is 227 g/mol. The highest BCUT2D eigenvalue weighted by Gasteiger charge is 2.33. The van der Waals surface area contributed by atoms with Crippen LogP contribution in [0.5, 0.6) is 0 Å². The highest BCUT2D eigenvalue weighted by molar-refractivity contribution is 5.68. The Morgan fingerprint density at radius 2 is 2.00 bits per heavy atom. The van der Waals surface area contributed by atoms with E-state index in [1.165, 1.54) is 7.11 Å². The molecule has 2 heterocycles. The summed E-state index contributed by atoms with van der Waals surface area (Å²) in [5.74, 6) is 0.605. The van der Waals surface area contributed by atoms with Gasteiger partial charge >= 0.3 is 6.09 Å². The Bertz CT molecular complexity index is 241. The Hall–Kier alpha value is -0.810. The van der Waals surface area contributed by atoms with E-state index < -0.39 is 0 Å². The van der Waals surface area contributed by atoms with Crippen LogP contribution in [0.15, 0.2) is 0 Å². The van der Waals surface area contributed by atoms with E-state index in [-0.39, 0.29) is 6.09 Å². The Morgan fingerprint density at radius 1 is 1.25 bits per heavy atom. The molecule has 1 unspecified atom stereocenters. The number of rotatable bonds is 1. The summed E-state index contributed by atoms with van der Waals surface area (Å²) in [5.41, 5.74) is 0. The van der Waals surface area contributed by atoms with Crippen LogP contribution in [0, 0.1) is 5.92 Å². The van der Waals surface area contributed by atoms with Gasteiger partial charge in [-0.2, -0.15) is 0 Å². The second kappa shape index (κ2) is 5.50. The van der Waals surface area contributed by atoms with Gasteiger partial charge in [-0.25, -0.2) is 4.79 Å². The van der Waals surface area contributed by atoms with Gasteiger partial charge in [0.15, 0.2) is 0 Å². The molecule has 0 aromatic carbocycles. The molecule has 0 aliphatic carbocycles. The average Bonchev–Trinajstić information content (AvgIpc) is 2.39. The molecular weight excluding hydrogens is 206 g/mol. The van der Waals surface area contributed by atoms with Gasteiger partial charge in [0.05, 0.1) is 13.2 Å². The summed E-state index contributed by atoms with van der Waals surface area (Å²) in [6.45, 7) is 4.67. The average molecular weight is 227 g/mol. The number of hydrogen-bond donors (Lipinski definition) is 2. The van der Waals surface area contributed by atoms with Crippen LogP contribution in [-0.2, 0) is 4.74 Å². The molecule has 1 atom stereocenters. The lowest BCUT2D eigenvalue weighted by molar-refractivity contribution is 0.0683. The molecule has 0 aromatic heterocycles. The number of carbonyl (C=O) groups is 1. The van der Waals surface area contributed by atoms with E-state index >= 15 is 0 Å². The van der Waals surface area contributed by atoms with E-state index in [0.717, 1.165) is 45.6 Å². The predicted molar refractivity (Wildman–Crippen MR) is 61.4 cm³/mol. The zero-order valence-electron chi connectivity index (χ0n) is 9.87. The fourth-order valence-corrected chi connectivity index (χ4v) is 2.72. The van der Waals surface area contributed by atoms with Crippen molar-refractivity contribution in [2.45, 2.75) is 18.9 Å². The van der Waals surface area contributed by atoms with Crippen LogP contribution in [0.2, 0.25) is 0 Å². The molecule has 2 saturated heterocycles. The minimum Gasteiger partial charge on any atom is -0.453 e. The molecule has 0 spiro atoms. The first-order valence-electron chi connectivity index (χ1n) is 6.09. The lowest BCUT2D eigenvalue weighted by Gasteiger charge is -2.41. The van der Waals surface area contributed by atoms with E-state index in [4.69, 9.17) is 4.74 Å². The van der Waals surface area contributed by atoms with Crippen molar-refractivity contribution in [2.24, 2.45) is 5.92 Å². The lowest BCUT2D eigenvalue weighted by Crippen LogP contribution is -2.57. The Morgan fingerprint density at radius 3 is 2.69 bits per heavy atom. The lowest BCUT2D eigenvalue weighted by atomic mass is 9.88. The van der Waals surface area contributed by atoms with Gasteiger partial charge in [0, 0.05) is 19.6 Å². The minimum atomic E-state index is -0.176. The van der Waals surface area contributed by atoms with E-state index in [9.17, 15) is 4.79 Å². The zero-order chi connectivity index (χ0) is 11.4. The van der Waals surface area contributed by atoms with Gasteiger partial charge in [-0.3, -0.25) is 0 Å². The molecule has 2 fully saturated rings. The van der Waals surface area contributed by atoms with Crippen molar-refractivity contribution in [3.8, 4) is 0 Å². The quantitative estimate of drug-likeness (QED) is 0.663. The third-order valence-electron chi connectivity index (χ3n) is 3.62. The molecule has 16 heavy (non-hydrogen) atoms. The minimum absolute atomic E-state index is 0.176. The van der Waals surface area contributed by atoms with E-state index in [0.29, 0.717) is 12.0 Å². The van der Waals surface area contributed by atoms with Crippen molar-refractivity contribution in [1.82, 2.24) is 15.5 Å². The van der Waals surface area contributed by atoms with Gasteiger partial charge in [-0.1, -0.05) is 0 Å². The fraction of sp³-hybridized carbons (Fsp3) is 0.909. The number of hydrogen-bond acceptors (Lipinski definition) is 4. The Balaban J connectivity index is 2.00. The van der Waals surface area contributed by atoms with Crippen molar-refractivity contribution in [2.75, 3.05) is 39.8 Å².